The Morgan fingerprint density at radius 2 is 2.00 bits per heavy atom. The minimum absolute atomic E-state index is 0.205. The van der Waals surface area contributed by atoms with Crippen molar-refractivity contribution >= 4 is 34.9 Å². The number of methoxy groups -OCH3 is 1. The Bertz CT molecular complexity index is 989. The van der Waals surface area contributed by atoms with Gasteiger partial charge in [0.25, 0.3) is 5.91 Å². The van der Waals surface area contributed by atoms with Gasteiger partial charge in [-0.25, -0.2) is 4.39 Å². The van der Waals surface area contributed by atoms with Gasteiger partial charge >= 0.3 is 0 Å². The zero-order valence-electron chi connectivity index (χ0n) is 15.3. The zero-order chi connectivity index (χ0) is 20.8. The maximum atomic E-state index is 13.0. The van der Waals surface area contributed by atoms with Crippen LogP contribution in [0.25, 0.3) is 6.08 Å². The van der Waals surface area contributed by atoms with Gasteiger partial charge in [-0.1, -0.05) is 18.2 Å². The van der Waals surface area contributed by atoms with E-state index in [1.54, 1.807) is 36.4 Å². The number of ether oxygens (including phenoxy) is 2. The first-order chi connectivity index (χ1) is 13.9. The molecule has 0 unspecified atom stereocenters. The van der Waals surface area contributed by atoms with Crippen LogP contribution in [0.15, 0.2) is 52.4 Å². The maximum Gasteiger partial charge on any atom is 0.264 e. The number of hydrogen-bond donors (Lipinski definition) is 1. The monoisotopic (exact) mass is 415 g/mol. The van der Waals surface area contributed by atoms with Crippen LogP contribution in [-0.4, -0.2) is 30.7 Å². The summed E-state index contributed by atoms with van der Waals surface area (Å²) in [6, 6.07) is 11.2. The molecule has 0 atom stereocenters. The molecular formula is C20H16FN2O5S-. The molecule has 1 aliphatic rings. The molecule has 0 saturated carbocycles. The van der Waals surface area contributed by atoms with Crippen molar-refractivity contribution in [2.45, 2.75) is 6.61 Å². The van der Waals surface area contributed by atoms with Crippen LogP contribution < -0.4 is 19.9 Å². The fraction of sp³-hybridized carbons (Fsp3) is 0.150. The van der Waals surface area contributed by atoms with Crippen molar-refractivity contribution < 1.29 is 28.6 Å². The lowest BCUT2D eigenvalue weighted by molar-refractivity contribution is -0.303. The molecule has 1 aliphatic heterocycles. The molecule has 2 aromatic carbocycles. The molecule has 1 N–H and O–H groups in total. The highest BCUT2D eigenvalue weighted by Gasteiger charge is 2.23. The molecule has 29 heavy (non-hydrogen) atoms. The van der Waals surface area contributed by atoms with E-state index >= 15 is 0 Å². The van der Waals surface area contributed by atoms with Gasteiger partial charge in [0.15, 0.2) is 16.7 Å². The quantitative estimate of drug-likeness (QED) is 0.692. The van der Waals surface area contributed by atoms with Gasteiger partial charge in [-0.15, -0.1) is 0 Å². The number of nitrogens with one attached hydrogen (secondary N) is 1. The van der Waals surface area contributed by atoms with Crippen LogP contribution in [0, 0.1) is 5.82 Å². The van der Waals surface area contributed by atoms with Gasteiger partial charge in [-0.2, -0.15) is 0 Å². The molecular weight excluding hydrogens is 399 g/mol. The van der Waals surface area contributed by atoms with Crippen LogP contribution in [-0.2, 0) is 16.2 Å². The van der Waals surface area contributed by atoms with Gasteiger partial charge in [0.2, 0.25) is 0 Å². The average molecular weight is 415 g/mol. The number of halogens is 1. The molecule has 150 valence electrons. The number of aliphatic imine (C=N–C) groups is 1. The van der Waals surface area contributed by atoms with Crippen molar-refractivity contribution in [1.29, 1.82) is 0 Å². The number of carbonyl (C=O) groups is 2. The fourth-order valence-corrected chi connectivity index (χ4v) is 3.24. The number of carboxylic acid groups (broad SMARTS) is 1. The molecule has 3 rings (SSSR count). The van der Waals surface area contributed by atoms with Crippen LogP contribution in [0.1, 0.15) is 11.1 Å². The summed E-state index contributed by atoms with van der Waals surface area (Å²) in [7, 11) is 1.50. The second-order valence-corrected chi connectivity index (χ2v) is 6.91. The number of benzene rings is 2. The van der Waals surface area contributed by atoms with Crippen LogP contribution in [0.4, 0.5) is 4.39 Å². The Morgan fingerprint density at radius 1 is 1.24 bits per heavy atom. The zero-order valence-corrected chi connectivity index (χ0v) is 16.1. The third-order valence-electron chi connectivity index (χ3n) is 3.80. The molecule has 2 aromatic rings. The topological polar surface area (TPSA) is 100 Å². The van der Waals surface area contributed by atoms with E-state index in [4.69, 9.17) is 9.47 Å². The number of amidine groups is 1. The highest BCUT2D eigenvalue weighted by molar-refractivity contribution is 8.18. The smallest absolute Gasteiger partial charge is 0.264 e. The third kappa shape index (κ3) is 5.58. The maximum absolute atomic E-state index is 13.0. The third-order valence-corrected chi connectivity index (χ3v) is 4.74. The van der Waals surface area contributed by atoms with Gasteiger partial charge in [0, 0.05) is 0 Å². The van der Waals surface area contributed by atoms with E-state index in [2.05, 4.69) is 10.3 Å². The lowest BCUT2D eigenvalue weighted by Gasteiger charge is -2.11. The highest BCUT2D eigenvalue weighted by Crippen LogP contribution is 2.32. The molecule has 1 amide bonds. The van der Waals surface area contributed by atoms with E-state index in [1.807, 2.05) is 0 Å². The Balaban J connectivity index is 1.72. The summed E-state index contributed by atoms with van der Waals surface area (Å²) >= 11 is 1.04. The Kier molecular flexibility index (Phi) is 6.50. The number of amides is 1. The van der Waals surface area contributed by atoms with Crippen LogP contribution in [0.2, 0.25) is 0 Å². The lowest BCUT2D eigenvalue weighted by atomic mass is 10.2. The van der Waals surface area contributed by atoms with Crippen molar-refractivity contribution in [1.82, 2.24) is 5.32 Å². The predicted octanol–water partition coefficient (Wildman–Crippen LogP) is 1.72. The Labute approximate surface area is 170 Å². The summed E-state index contributed by atoms with van der Waals surface area (Å²) in [5.74, 6) is -1.05. The van der Waals surface area contributed by atoms with E-state index in [9.17, 15) is 19.1 Å². The summed E-state index contributed by atoms with van der Waals surface area (Å²) in [5.41, 5.74) is 1.50. The van der Waals surface area contributed by atoms with Crippen molar-refractivity contribution in [3.05, 3.63) is 64.3 Å². The summed E-state index contributed by atoms with van der Waals surface area (Å²) in [6.07, 6.45) is 1.63. The van der Waals surface area contributed by atoms with Gasteiger partial charge in [-0.3, -0.25) is 9.79 Å². The second-order valence-electron chi connectivity index (χ2n) is 5.88. The van der Waals surface area contributed by atoms with Crippen LogP contribution in [0.5, 0.6) is 11.5 Å². The molecule has 0 bridgehead atoms. The highest BCUT2D eigenvalue weighted by atomic mass is 32.2. The first-order valence-electron chi connectivity index (χ1n) is 8.45. The molecule has 7 nitrogen and oxygen atoms in total. The number of carboxylic acids is 1. The molecule has 0 aromatic heterocycles. The van der Waals surface area contributed by atoms with Crippen LogP contribution >= 0.6 is 11.8 Å². The number of hydrogen-bond acceptors (Lipinski definition) is 7. The van der Waals surface area contributed by atoms with E-state index in [0.29, 0.717) is 22.0 Å². The van der Waals surface area contributed by atoms with E-state index in [-0.39, 0.29) is 23.5 Å². The average Bonchev–Trinajstić information content (AvgIpc) is 3.05. The van der Waals surface area contributed by atoms with E-state index < -0.39 is 12.5 Å². The first-order valence-corrected chi connectivity index (χ1v) is 9.26. The fourth-order valence-electron chi connectivity index (χ4n) is 2.42. The summed E-state index contributed by atoms with van der Waals surface area (Å²) < 4.78 is 24.1. The predicted molar refractivity (Wildman–Crippen MR) is 105 cm³/mol. The lowest BCUT2D eigenvalue weighted by Crippen LogP contribution is -2.27. The van der Waals surface area contributed by atoms with Gasteiger partial charge in [-0.05, 0) is 53.2 Å². The summed E-state index contributed by atoms with van der Waals surface area (Å²) in [4.78, 5) is 26.6. The molecule has 1 fully saturated rings. The van der Waals surface area contributed by atoms with Crippen molar-refractivity contribution in [2.24, 2.45) is 4.99 Å². The van der Waals surface area contributed by atoms with Gasteiger partial charge in [0.05, 0.1) is 24.5 Å². The van der Waals surface area contributed by atoms with Crippen molar-refractivity contribution in [3.8, 4) is 11.5 Å². The standard InChI is InChI=1S/C20H17FN2O5S/c1-27-16-8-13(9-17-19(26)23-20(29-17)22-10-18(24)25)4-7-15(16)28-11-12-2-5-14(21)6-3-12/h2-9H,10-11H2,1H3,(H,24,25)(H,22,23,26)/p-1/b17-9-. The van der Waals surface area contributed by atoms with Gasteiger partial charge in [0.1, 0.15) is 12.4 Å². The summed E-state index contributed by atoms with van der Waals surface area (Å²) in [5, 5.41) is 13.2. The van der Waals surface area contributed by atoms with E-state index in [1.165, 1.54) is 19.2 Å². The largest absolute Gasteiger partial charge is 0.548 e. The second kappa shape index (κ2) is 9.24. The minimum Gasteiger partial charge on any atom is -0.548 e. The molecule has 1 heterocycles. The number of thioether (sulfide) groups is 1. The van der Waals surface area contributed by atoms with E-state index in [0.717, 1.165) is 17.3 Å². The number of nitrogens with zero attached hydrogens (tertiary/aromatic N) is 1. The number of carbonyl (C=O) groups excluding carboxylic acids is 2. The molecule has 0 aliphatic carbocycles. The van der Waals surface area contributed by atoms with Crippen LogP contribution in [0.3, 0.4) is 0 Å². The molecule has 0 radical (unpaired) electrons. The molecule has 0 spiro atoms. The molecule has 1 saturated heterocycles. The first kappa shape index (κ1) is 20.4. The Morgan fingerprint density at radius 3 is 2.69 bits per heavy atom. The van der Waals surface area contributed by atoms with Gasteiger partial charge < -0.3 is 24.7 Å². The normalized spacial score (nSPS) is 16.1. The summed E-state index contributed by atoms with van der Waals surface area (Å²) in [6.45, 7) is -0.280. The number of rotatable bonds is 7. The van der Waals surface area contributed by atoms with Crippen molar-refractivity contribution in [3.63, 3.8) is 0 Å². The minimum atomic E-state index is -1.33. The molecule has 9 heteroatoms. The van der Waals surface area contributed by atoms with Crippen molar-refractivity contribution in [2.75, 3.05) is 13.7 Å². The SMILES string of the molecule is COc1cc(/C=C2\SC(=NCC(=O)[O-])NC2=O)ccc1OCc1ccc(F)cc1. The Hall–Kier alpha value is -3.33. The number of aliphatic carboxylic acids is 1.